The smallest absolute Gasteiger partial charge is 0.332 e. The van der Waals surface area contributed by atoms with Crippen LogP contribution in [0.15, 0.2) is 14.7 Å². The van der Waals surface area contributed by atoms with Gasteiger partial charge >= 0.3 is 11.7 Å². The zero-order valence-corrected chi connectivity index (χ0v) is 13.9. The largest absolute Gasteiger partial charge is 0.465 e. The summed E-state index contributed by atoms with van der Waals surface area (Å²) in [5.74, 6) is -0.376. The summed E-state index contributed by atoms with van der Waals surface area (Å²) in [6.07, 6.45) is 0. The zero-order chi connectivity index (χ0) is 17.1. The fourth-order valence-electron chi connectivity index (χ4n) is 2.21. The number of hydrogen-bond acceptors (Lipinski definition) is 7. The SMILES string of the molecule is CCOC(=O)CSc1nc2c(=O)n(C)c(=O)n(C)c2n1CCO. The van der Waals surface area contributed by atoms with Gasteiger partial charge in [0.05, 0.1) is 19.0 Å². The van der Waals surface area contributed by atoms with Gasteiger partial charge < -0.3 is 14.4 Å². The molecule has 23 heavy (non-hydrogen) atoms. The molecule has 0 saturated heterocycles. The summed E-state index contributed by atoms with van der Waals surface area (Å²) in [5.41, 5.74) is -0.561. The van der Waals surface area contributed by atoms with Gasteiger partial charge in [0, 0.05) is 20.6 Å². The lowest BCUT2D eigenvalue weighted by atomic mass is 10.5. The van der Waals surface area contributed by atoms with Gasteiger partial charge in [-0.25, -0.2) is 9.78 Å². The van der Waals surface area contributed by atoms with Gasteiger partial charge in [0.15, 0.2) is 16.3 Å². The first-order valence-electron chi connectivity index (χ1n) is 6.97. The molecule has 2 aromatic heterocycles. The highest BCUT2D eigenvalue weighted by Gasteiger charge is 2.19. The van der Waals surface area contributed by atoms with Gasteiger partial charge in [0.1, 0.15) is 0 Å². The molecule has 126 valence electrons. The Morgan fingerprint density at radius 1 is 1.30 bits per heavy atom. The van der Waals surface area contributed by atoms with E-state index in [0.717, 1.165) is 16.3 Å². The van der Waals surface area contributed by atoms with E-state index in [4.69, 9.17) is 4.74 Å². The topological polar surface area (TPSA) is 108 Å². The van der Waals surface area contributed by atoms with Crippen LogP contribution in [0, 0.1) is 0 Å². The Labute approximate surface area is 135 Å². The van der Waals surface area contributed by atoms with E-state index in [2.05, 4.69) is 4.98 Å². The number of imidazole rings is 1. The number of aryl methyl sites for hydroxylation is 1. The maximum Gasteiger partial charge on any atom is 0.332 e. The summed E-state index contributed by atoms with van der Waals surface area (Å²) in [6, 6.07) is 0. The van der Waals surface area contributed by atoms with Crippen LogP contribution in [0.25, 0.3) is 11.2 Å². The van der Waals surface area contributed by atoms with Crippen LogP contribution in [0.3, 0.4) is 0 Å². The first-order valence-corrected chi connectivity index (χ1v) is 7.96. The van der Waals surface area contributed by atoms with Crippen LogP contribution in [0.1, 0.15) is 6.92 Å². The Morgan fingerprint density at radius 2 is 2.00 bits per heavy atom. The number of esters is 1. The van der Waals surface area contributed by atoms with Crippen molar-refractivity contribution in [3.05, 3.63) is 20.8 Å². The molecule has 1 N–H and O–H groups in total. The molecule has 9 nitrogen and oxygen atoms in total. The third kappa shape index (κ3) is 3.17. The van der Waals surface area contributed by atoms with Crippen molar-refractivity contribution < 1.29 is 14.6 Å². The molecule has 2 aromatic rings. The average Bonchev–Trinajstić information content (AvgIpc) is 2.88. The highest BCUT2D eigenvalue weighted by Crippen LogP contribution is 2.21. The van der Waals surface area contributed by atoms with Gasteiger partial charge in [-0.05, 0) is 6.92 Å². The molecule has 0 aliphatic rings. The molecule has 0 amide bonds. The van der Waals surface area contributed by atoms with Crippen molar-refractivity contribution in [2.24, 2.45) is 14.1 Å². The fraction of sp³-hybridized carbons (Fsp3) is 0.538. The maximum absolute atomic E-state index is 12.2. The summed E-state index contributed by atoms with van der Waals surface area (Å²) in [4.78, 5) is 40.0. The molecule has 0 radical (unpaired) electrons. The van der Waals surface area contributed by atoms with E-state index in [1.54, 1.807) is 11.5 Å². The van der Waals surface area contributed by atoms with Crippen LogP contribution in [-0.4, -0.2) is 48.7 Å². The molecule has 2 rings (SSSR count). The monoisotopic (exact) mass is 342 g/mol. The quantitative estimate of drug-likeness (QED) is 0.534. The average molecular weight is 342 g/mol. The lowest BCUT2D eigenvalue weighted by Gasteiger charge is -2.09. The Hall–Kier alpha value is -2.07. The van der Waals surface area contributed by atoms with Crippen LogP contribution in [0.5, 0.6) is 0 Å². The van der Waals surface area contributed by atoms with Crippen molar-refractivity contribution in [1.29, 1.82) is 0 Å². The van der Waals surface area contributed by atoms with E-state index in [1.165, 1.54) is 18.7 Å². The Morgan fingerprint density at radius 3 is 2.61 bits per heavy atom. The number of thioether (sulfide) groups is 1. The Kier molecular flexibility index (Phi) is 5.26. The summed E-state index contributed by atoms with van der Waals surface area (Å²) in [7, 11) is 2.90. The highest BCUT2D eigenvalue weighted by atomic mass is 32.2. The van der Waals surface area contributed by atoms with Crippen molar-refractivity contribution in [3.63, 3.8) is 0 Å². The predicted octanol–water partition coefficient (Wildman–Crippen LogP) is -0.919. The number of aliphatic hydroxyl groups is 1. The number of aromatic nitrogens is 4. The molecule has 0 saturated carbocycles. The predicted molar refractivity (Wildman–Crippen MR) is 84.7 cm³/mol. The van der Waals surface area contributed by atoms with Crippen molar-refractivity contribution in [3.8, 4) is 0 Å². The van der Waals surface area contributed by atoms with Gasteiger partial charge in [-0.3, -0.25) is 18.7 Å². The lowest BCUT2D eigenvalue weighted by Crippen LogP contribution is -2.37. The molecule has 0 aromatic carbocycles. The van der Waals surface area contributed by atoms with Gasteiger partial charge in [-0.15, -0.1) is 0 Å². The molecular formula is C13H18N4O5S. The summed E-state index contributed by atoms with van der Waals surface area (Å²) >= 11 is 1.09. The molecule has 2 heterocycles. The van der Waals surface area contributed by atoms with Crippen LogP contribution < -0.4 is 11.2 Å². The molecule has 0 spiro atoms. The number of carbonyl (C=O) groups is 1. The van der Waals surface area contributed by atoms with Crippen LogP contribution in [0.2, 0.25) is 0 Å². The summed E-state index contributed by atoms with van der Waals surface area (Å²) < 4.78 is 8.68. The van der Waals surface area contributed by atoms with E-state index in [1.807, 2.05) is 0 Å². The normalized spacial score (nSPS) is 11.1. The second-order valence-electron chi connectivity index (χ2n) is 4.74. The maximum atomic E-state index is 12.2. The van der Waals surface area contributed by atoms with Gasteiger partial charge in [0.25, 0.3) is 5.56 Å². The standard InChI is InChI=1S/C13H18N4O5S/c1-4-22-8(19)7-23-12-14-9-10(17(12)5-6-18)15(2)13(21)16(3)11(9)20/h18H,4-7H2,1-3H3. The first-order chi connectivity index (χ1) is 10.9. The van der Waals surface area contributed by atoms with Crippen LogP contribution in [-0.2, 0) is 30.2 Å². The number of hydrogen-bond donors (Lipinski definition) is 1. The molecule has 0 unspecified atom stereocenters. The van der Waals surface area contributed by atoms with E-state index >= 15 is 0 Å². The van der Waals surface area contributed by atoms with Crippen LogP contribution >= 0.6 is 11.8 Å². The third-order valence-corrected chi connectivity index (χ3v) is 4.20. The minimum Gasteiger partial charge on any atom is -0.465 e. The van der Waals surface area contributed by atoms with Crippen molar-refractivity contribution in [1.82, 2.24) is 18.7 Å². The summed E-state index contributed by atoms with van der Waals surface area (Å²) in [5, 5.41) is 9.62. The van der Waals surface area contributed by atoms with Gasteiger partial charge in [0.2, 0.25) is 0 Å². The lowest BCUT2D eigenvalue weighted by molar-refractivity contribution is -0.139. The number of rotatable bonds is 6. The van der Waals surface area contributed by atoms with Gasteiger partial charge in [-0.2, -0.15) is 0 Å². The molecule has 0 aliphatic carbocycles. The zero-order valence-electron chi connectivity index (χ0n) is 13.1. The minimum atomic E-state index is -0.516. The number of ether oxygens (including phenoxy) is 1. The Balaban J connectivity index is 2.57. The fourth-order valence-corrected chi connectivity index (χ4v) is 3.03. The number of aliphatic hydroxyl groups excluding tert-OH is 1. The van der Waals surface area contributed by atoms with Crippen LogP contribution in [0.4, 0.5) is 0 Å². The second-order valence-corrected chi connectivity index (χ2v) is 5.68. The van der Waals surface area contributed by atoms with Gasteiger partial charge in [-0.1, -0.05) is 11.8 Å². The molecule has 0 aliphatic heterocycles. The van der Waals surface area contributed by atoms with Crippen molar-refractivity contribution in [2.75, 3.05) is 19.0 Å². The number of carbonyl (C=O) groups excluding carboxylic acids is 1. The molecule has 0 bridgehead atoms. The Bertz CT molecular complexity index is 851. The van der Waals surface area contributed by atoms with E-state index < -0.39 is 17.2 Å². The molecular weight excluding hydrogens is 324 g/mol. The highest BCUT2D eigenvalue weighted by molar-refractivity contribution is 7.99. The van der Waals surface area contributed by atoms with E-state index in [0.29, 0.717) is 10.8 Å². The summed E-state index contributed by atoms with van der Waals surface area (Å²) in [6.45, 7) is 1.95. The molecule has 10 heteroatoms. The first kappa shape index (κ1) is 17.3. The number of fused-ring (bicyclic) bond motifs is 1. The van der Waals surface area contributed by atoms with E-state index in [-0.39, 0.29) is 31.0 Å². The van der Waals surface area contributed by atoms with E-state index in [9.17, 15) is 19.5 Å². The molecule has 0 fully saturated rings. The second kappa shape index (κ2) is 7.01. The van der Waals surface area contributed by atoms with Crippen molar-refractivity contribution >= 4 is 28.9 Å². The van der Waals surface area contributed by atoms with Crippen molar-refractivity contribution in [2.45, 2.75) is 18.6 Å². The molecule has 0 atom stereocenters. The third-order valence-electron chi connectivity index (χ3n) is 3.25. The number of nitrogens with zero attached hydrogens (tertiary/aromatic N) is 4. The minimum absolute atomic E-state index is 0.0247.